The number of benzene rings is 2. The first kappa shape index (κ1) is 14.0. The second-order valence-electron chi connectivity index (χ2n) is 5.25. The summed E-state index contributed by atoms with van der Waals surface area (Å²) in [4.78, 5) is 2.32. The maximum Gasteiger partial charge on any atom is 0.119 e. The van der Waals surface area contributed by atoms with Crippen molar-refractivity contribution in [2.75, 3.05) is 24.6 Å². The average molecular weight is 283 g/mol. The fourth-order valence-corrected chi connectivity index (χ4v) is 2.46. The molecule has 3 nitrogen and oxygen atoms in total. The summed E-state index contributed by atoms with van der Waals surface area (Å²) in [6.45, 7) is 5.32. The first-order valence-corrected chi connectivity index (χ1v) is 7.48. The molecule has 3 rings (SSSR count). The summed E-state index contributed by atoms with van der Waals surface area (Å²) in [5.74, 6) is 0.929. The van der Waals surface area contributed by atoms with Gasteiger partial charge in [0.05, 0.1) is 19.3 Å². The van der Waals surface area contributed by atoms with Gasteiger partial charge in [-0.1, -0.05) is 30.3 Å². The molecule has 0 unspecified atom stereocenters. The van der Waals surface area contributed by atoms with Crippen LogP contribution in [-0.2, 0) is 11.3 Å². The van der Waals surface area contributed by atoms with Crippen molar-refractivity contribution in [2.24, 2.45) is 0 Å². The molecule has 1 fully saturated rings. The molecule has 0 spiro atoms. The molecule has 2 aromatic rings. The Morgan fingerprint density at radius 3 is 2.38 bits per heavy atom. The third-order valence-corrected chi connectivity index (χ3v) is 3.69. The zero-order valence-electron chi connectivity index (χ0n) is 12.4. The van der Waals surface area contributed by atoms with Gasteiger partial charge in [-0.2, -0.15) is 0 Å². The lowest BCUT2D eigenvalue weighted by molar-refractivity contribution is 0.0224. The first-order valence-electron chi connectivity index (χ1n) is 7.48. The average Bonchev–Trinajstić information content (AvgIpc) is 2.49. The van der Waals surface area contributed by atoms with E-state index in [4.69, 9.17) is 9.47 Å². The van der Waals surface area contributed by atoms with E-state index in [1.54, 1.807) is 0 Å². The predicted molar refractivity (Wildman–Crippen MR) is 84.8 cm³/mol. The monoisotopic (exact) mass is 283 g/mol. The molecule has 1 aliphatic heterocycles. The van der Waals surface area contributed by atoms with Crippen LogP contribution in [0.1, 0.15) is 12.5 Å². The minimum absolute atomic E-state index is 0.330. The number of hydrogen-bond donors (Lipinski definition) is 0. The third kappa shape index (κ3) is 3.56. The van der Waals surface area contributed by atoms with E-state index in [9.17, 15) is 0 Å². The van der Waals surface area contributed by atoms with Crippen molar-refractivity contribution < 1.29 is 9.47 Å². The van der Waals surface area contributed by atoms with Crippen LogP contribution in [0.15, 0.2) is 54.6 Å². The Morgan fingerprint density at radius 2 is 1.71 bits per heavy atom. The fraction of sp³-hybridized carbons (Fsp3) is 0.333. The van der Waals surface area contributed by atoms with Crippen LogP contribution in [0.25, 0.3) is 0 Å². The summed E-state index contributed by atoms with van der Waals surface area (Å²) in [7, 11) is 0. The molecule has 0 amide bonds. The summed E-state index contributed by atoms with van der Waals surface area (Å²) < 4.78 is 11.4. The zero-order valence-corrected chi connectivity index (χ0v) is 12.4. The summed E-state index contributed by atoms with van der Waals surface area (Å²) in [5, 5.41) is 0. The normalized spacial score (nSPS) is 14.8. The smallest absolute Gasteiger partial charge is 0.119 e. The fourth-order valence-electron chi connectivity index (χ4n) is 2.46. The van der Waals surface area contributed by atoms with E-state index in [1.807, 2.05) is 37.3 Å². The van der Waals surface area contributed by atoms with E-state index in [-0.39, 0.29) is 0 Å². The van der Waals surface area contributed by atoms with Gasteiger partial charge in [-0.05, 0) is 36.8 Å². The lowest BCUT2D eigenvalue weighted by atomic mass is 10.1. The molecule has 1 heterocycles. The van der Waals surface area contributed by atoms with Crippen molar-refractivity contribution in [3.63, 3.8) is 0 Å². The van der Waals surface area contributed by atoms with Gasteiger partial charge in [0.15, 0.2) is 0 Å². The second kappa shape index (κ2) is 6.64. The maximum atomic E-state index is 5.91. The van der Waals surface area contributed by atoms with Crippen LogP contribution in [0.3, 0.4) is 0 Å². The number of anilines is 1. The lowest BCUT2D eigenvalue weighted by Crippen LogP contribution is -2.52. The molecule has 0 N–H and O–H groups in total. The minimum atomic E-state index is 0.330. The van der Waals surface area contributed by atoms with E-state index in [1.165, 1.54) is 11.3 Å². The van der Waals surface area contributed by atoms with E-state index >= 15 is 0 Å². The highest BCUT2D eigenvalue weighted by molar-refractivity contribution is 5.51. The Bertz CT molecular complexity index is 547. The molecule has 0 aromatic heterocycles. The molecule has 0 aliphatic carbocycles. The molecule has 0 saturated carbocycles. The van der Waals surface area contributed by atoms with Crippen molar-refractivity contribution in [1.82, 2.24) is 0 Å². The SMILES string of the molecule is CCOc1ccc(N2CC(OCc3ccccc3)C2)cc1. The quantitative estimate of drug-likeness (QED) is 0.810. The van der Waals surface area contributed by atoms with Crippen LogP contribution in [0.5, 0.6) is 5.75 Å². The van der Waals surface area contributed by atoms with Crippen LogP contribution >= 0.6 is 0 Å². The van der Waals surface area contributed by atoms with Gasteiger partial charge in [0.25, 0.3) is 0 Å². The third-order valence-electron chi connectivity index (χ3n) is 3.69. The first-order chi connectivity index (χ1) is 10.3. The van der Waals surface area contributed by atoms with E-state index in [2.05, 4.69) is 29.2 Å². The Hall–Kier alpha value is -2.00. The molecule has 1 aliphatic rings. The second-order valence-corrected chi connectivity index (χ2v) is 5.25. The number of rotatable bonds is 6. The molecule has 110 valence electrons. The Balaban J connectivity index is 1.45. The van der Waals surface area contributed by atoms with Crippen molar-refractivity contribution in [2.45, 2.75) is 19.6 Å². The number of ether oxygens (including phenoxy) is 2. The molecular weight excluding hydrogens is 262 g/mol. The largest absolute Gasteiger partial charge is 0.494 e. The molecular formula is C18H21NO2. The van der Waals surface area contributed by atoms with E-state index in [0.29, 0.717) is 19.3 Å². The van der Waals surface area contributed by atoms with E-state index < -0.39 is 0 Å². The highest BCUT2D eigenvalue weighted by Gasteiger charge is 2.27. The molecule has 0 radical (unpaired) electrons. The standard InChI is InChI=1S/C18H21NO2/c1-2-20-17-10-8-16(9-11-17)19-12-18(13-19)21-14-15-6-4-3-5-7-15/h3-11,18H,2,12-14H2,1H3. The van der Waals surface area contributed by atoms with E-state index in [0.717, 1.165) is 18.8 Å². The zero-order chi connectivity index (χ0) is 14.5. The molecule has 0 bridgehead atoms. The molecule has 2 aromatic carbocycles. The van der Waals surface area contributed by atoms with Crippen LogP contribution in [-0.4, -0.2) is 25.8 Å². The summed E-state index contributed by atoms with van der Waals surface area (Å²) in [5.41, 5.74) is 2.47. The Kier molecular flexibility index (Phi) is 4.41. The topological polar surface area (TPSA) is 21.7 Å². The highest BCUT2D eigenvalue weighted by atomic mass is 16.5. The molecule has 21 heavy (non-hydrogen) atoms. The van der Waals surface area contributed by atoms with Crippen molar-refractivity contribution in [3.05, 3.63) is 60.2 Å². The van der Waals surface area contributed by atoms with Crippen LogP contribution in [0.2, 0.25) is 0 Å². The van der Waals surface area contributed by atoms with Crippen LogP contribution in [0, 0.1) is 0 Å². The van der Waals surface area contributed by atoms with Crippen LogP contribution < -0.4 is 9.64 Å². The van der Waals surface area contributed by atoms with Crippen molar-refractivity contribution >= 4 is 5.69 Å². The van der Waals surface area contributed by atoms with Gasteiger partial charge >= 0.3 is 0 Å². The maximum absolute atomic E-state index is 5.91. The molecule has 1 saturated heterocycles. The molecule has 0 atom stereocenters. The summed E-state index contributed by atoms with van der Waals surface area (Å²) >= 11 is 0. The van der Waals surface area contributed by atoms with Gasteiger partial charge < -0.3 is 14.4 Å². The van der Waals surface area contributed by atoms with Crippen molar-refractivity contribution in [3.8, 4) is 5.75 Å². The minimum Gasteiger partial charge on any atom is -0.494 e. The van der Waals surface area contributed by atoms with Gasteiger partial charge in [-0.3, -0.25) is 0 Å². The lowest BCUT2D eigenvalue weighted by Gasteiger charge is -2.40. The predicted octanol–water partition coefficient (Wildman–Crippen LogP) is 3.49. The van der Waals surface area contributed by atoms with Gasteiger partial charge in [-0.25, -0.2) is 0 Å². The summed E-state index contributed by atoms with van der Waals surface area (Å²) in [6.07, 6.45) is 0.330. The Morgan fingerprint density at radius 1 is 1.00 bits per heavy atom. The van der Waals surface area contributed by atoms with Gasteiger partial charge in [0, 0.05) is 18.8 Å². The van der Waals surface area contributed by atoms with Crippen molar-refractivity contribution in [1.29, 1.82) is 0 Å². The highest BCUT2D eigenvalue weighted by Crippen LogP contribution is 2.25. The Labute approximate surface area is 126 Å². The number of nitrogens with zero attached hydrogens (tertiary/aromatic N) is 1. The summed E-state index contributed by atoms with van der Waals surface area (Å²) in [6, 6.07) is 18.6. The molecule has 3 heteroatoms. The van der Waals surface area contributed by atoms with Crippen LogP contribution in [0.4, 0.5) is 5.69 Å². The van der Waals surface area contributed by atoms with Gasteiger partial charge in [0.2, 0.25) is 0 Å². The number of hydrogen-bond acceptors (Lipinski definition) is 3. The van der Waals surface area contributed by atoms with Gasteiger partial charge in [0.1, 0.15) is 5.75 Å². The van der Waals surface area contributed by atoms with Gasteiger partial charge in [-0.15, -0.1) is 0 Å².